The third-order valence-corrected chi connectivity index (χ3v) is 5.29. The predicted molar refractivity (Wildman–Crippen MR) is 116 cm³/mol. The number of ether oxygens (including phenoxy) is 2. The van der Waals surface area contributed by atoms with E-state index in [1.54, 1.807) is 18.3 Å². The molecule has 0 saturated carbocycles. The average molecular weight is 402 g/mol. The minimum Gasteiger partial charge on any atom is -0.472 e. The normalized spacial score (nSPS) is 15.8. The van der Waals surface area contributed by atoms with Crippen molar-refractivity contribution < 1.29 is 14.3 Å². The van der Waals surface area contributed by atoms with Gasteiger partial charge in [-0.2, -0.15) is 0 Å². The number of amides is 1. The van der Waals surface area contributed by atoms with Crippen molar-refractivity contribution in [2.45, 2.75) is 24.9 Å². The van der Waals surface area contributed by atoms with Crippen molar-refractivity contribution >= 4 is 5.91 Å². The van der Waals surface area contributed by atoms with Crippen LogP contribution < -0.4 is 10.1 Å². The van der Waals surface area contributed by atoms with Crippen LogP contribution >= 0.6 is 0 Å². The number of hydrogen-bond donors (Lipinski definition) is 1. The number of nitrogens with zero attached hydrogens (tertiary/aromatic N) is 1. The van der Waals surface area contributed by atoms with Gasteiger partial charge in [0.1, 0.15) is 6.10 Å². The van der Waals surface area contributed by atoms with Crippen molar-refractivity contribution in [1.29, 1.82) is 0 Å². The Balaban J connectivity index is 1.38. The summed E-state index contributed by atoms with van der Waals surface area (Å²) in [4.78, 5) is 16.9. The van der Waals surface area contributed by atoms with Crippen LogP contribution in [0.3, 0.4) is 0 Å². The molecule has 3 aromatic rings. The van der Waals surface area contributed by atoms with E-state index in [2.05, 4.69) is 58.8 Å². The fourth-order valence-electron chi connectivity index (χ4n) is 3.72. The highest BCUT2D eigenvalue weighted by atomic mass is 16.5. The van der Waals surface area contributed by atoms with Gasteiger partial charge in [0.05, 0.1) is 13.2 Å². The first-order valence-electron chi connectivity index (χ1n) is 10.4. The molecule has 0 spiro atoms. The lowest BCUT2D eigenvalue weighted by Gasteiger charge is -2.18. The second-order valence-electron chi connectivity index (χ2n) is 7.40. The van der Waals surface area contributed by atoms with Crippen LogP contribution in [0.1, 0.15) is 40.2 Å². The van der Waals surface area contributed by atoms with E-state index in [0.717, 1.165) is 12.8 Å². The van der Waals surface area contributed by atoms with Crippen molar-refractivity contribution in [2.24, 2.45) is 0 Å². The molecule has 1 fully saturated rings. The second kappa shape index (κ2) is 10.0. The SMILES string of the molecule is O=C(NCCC(c1ccccc1)c1ccccc1)c1ccnc(O[C@H]2CCOC2)c1. The van der Waals surface area contributed by atoms with Crippen LogP contribution in [0.5, 0.6) is 5.88 Å². The number of carbonyl (C=O) groups excluding carboxylic acids is 1. The minimum absolute atomic E-state index is 0.00770. The molecule has 1 atom stereocenters. The lowest BCUT2D eigenvalue weighted by atomic mass is 9.88. The monoisotopic (exact) mass is 402 g/mol. The van der Waals surface area contributed by atoms with Gasteiger partial charge in [-0.05, 0) is 23.6 Å². The van der Waals surface area contributed by atoms with Gasteiger partial charge in [-0.25, -0.2) is 4.98 Å². The largest absolute Gasteiger partial charge is 0.472 e. The highest BCUT2D eigenvalue weighted by Gasteiger charge is 2.19. The van der Waals surface area contributed by atoms with E-state index < -0.39 is 0 Å². The molecule has 1 aliphatic heterocycles. The molecule has 5 nitrogen and oxygen atoms in total. The van der Waals surface area contributed by atoms with Gasteiger partial charge in [0.2, 0.25) is 5.88 Å². The zero-order valence-electron chi connectivity index (χ0n) is 16.9. The van der Waals surface area contributed by atoms with Crippen LogP contribution in [0.4, 0.5) is 0 Å². The quantitative estimate of drug-likeness (QED) is 0.613. The van der Waals surface area contributed by atoms with Gasteiger partial charge in [-0.1, -0.05) is 60.7 Å². The van der Waals surface area contributed by atoms with Crippen molar-refractivity contribution in [1.82, 2.24) is 10.3 Å². The Labute approximate surface area is 177 Å². The summed E-state index contributed by atoms with van der Waals surface area (Å²) in [7, 11) is 0. The number of aromatic nitrogens is 1. The molecule has 1 N–H and O–H groups in total. The van der Waals surface area contributed by atoms with Crippen LogP contribution in [0.15, 0.2) is 79.0 Å². The Kier molecular flexibility index (Phi) is 6.72. The number of pyridine rings is 1. The summed E-state index contributed by atoms with van der Waals surface area (Å²) < 4.78 is 11.1. The molecule has 4 rings (SSSR count). The summed E-state index contributed by atoms with van der Waals surface area (Å²) in [5.41, 5.74) is 3.04. The Morgan fingerprint density at radius 3 is 2.40 bits per heavy atom. The zero-order valence-corrected chi connectivity index (χ0v) is 16.9. The minimum atomic E-state index is -0.121. The average Bonchev–Trinajstić information content (AvgIpc) is 3.31. The molecule has 1 aliphatic rings. The summed E-state index contributed by atoms with van der Waals surface area (Å²) in [5, 5.41) is 3.04. The maximum atomic E-state index is 12.7. The van der Waals surface area contributed by atoms with Crippen LogP contribution in [0.2, 0.25) is 0 Å². The smallest absolute Gasteiger partial charge is 0.251 e. The summed E-state index contributed by atoms with van der Waals surface area (Å²) >= 11 is 0. The van der Waals surface area contributed by atoms with E-state index >= 15 is 0 Å². The topological polar surface area (TPSA) is 60.5 Å². The summed E-state index contributed by atoms with van der Waals surface area (Å²) in [6.07, 6.45) is 3.27. The molecule has 2 heterocycles. The van der Waals surface area contributed by atoms with E-state index in [0.29, 0.717) is 31.2 Å². The highest BCUT2D eigenvalue weighted by Crippen LogP contribution is 2.27. The molecule has 5 heteroatoms. The Hall–Kier alpha value is -3.18. The van der Waals surface area contributed by atoms with Crippen LogP contribution in [-0.4, -0.2) is 36.8 Å². The van der Waals surface area contributed by atoms with E-state index in [1.165, 1.54) is 11.1 Å². The summed E-state index contributed by atoms with van der Waals surface area (Å²) in [6.45, 7) is 1.84. The van der Waals surface area contributed by atoms with Crippen LogP contribution in [0.25, 0.3) is 0 Å². The summed E-state index contributed by atoms with van der Waals surface area (Å²) in [6, 6.07) is 24.2. The van der Waals surface area contributed by atoms with Crippen LogP contribution in [0, 0.1) is 0 Å². The molecular formula is C25H26N2O3. The number of benzene rings is 2. The molecule has 2 aromatic carbocycles. The Morgan fingerprint density at radius 1 is 1.07 bits per heavy atom. The molecular weight excluding hydrogens is 376 g/mol. The van der Waals surface area contributed by atoms with E-state index in [4.69, 9.17) is 9.47 Å². The molecule has 1 saturated heterocycles. The lowest BCUT2D eigenvalue weighted by molar-refractivity contribution is 0.0951. The third-order valence-electron chi connectivity index (χ3n) is 5.29. The number of rotatable bonds is 8. The highest BCUT2D eigenvalue weighted by molar-refractivity contribution is 5.94. The summed E-state index contributed by atoms with van der Waals surface area (Å²) in [5.74, 6) is 0.570. The van der Waals surface area contributed by atoms with Crippen molar-refractivity contribution in [3.05, 3.63) is 95.7 Å². The first-order valence-corrected chi connectivity index (χ1v) is 10.4. The van der Waals surface area contributed by atoms with Gasteiger partial charge in [0.15, 0.2) is 0 Å². The molecule has 1 aromatic heterocycles. The Bertz CT molecular complexity index is 901. The van der Waals surface area contributed by atoms with Gasteiger partial charge in [-0.3, -0.25) is 4.79 Å². The molecule has 154 valence electrons. The zero-order chi connectivity index (χ0) is 20.6. The van der Waals surface area contributed by atoms with Gasteiger partial charge < -0.3 is 14.8 Å². The van der Waals surface area contributed by atoms with Gasteiger partial charge in [0, 0.05) is 36.7 Å². The first kappa shape index (κ1) is 20.1. The number of carbonyl (C=O) groups is 1. The maximum Gasteiger partial charge on any atom is 0.251 e. The van der Waals surface area contributed by atoms with Gasteiger partial charge in [-0.15, -0.1) is 0 Å². The molecule has 30 heavy (non-hydrogen) atoms. The number of hydrogen-bond acceptors (Lipinski definition) is 4. The maximum absolute atomic E-state index is 12.7. The van der Waals surface area contributed by atoms with Crippen molar-refractivity contribution in [3.8, 4) is 5.88 Å². The Morgan fingerprint density at radius 2 is 1.77 bits per heavy atom. The van der Waals surface area contributed by atoms with E-state index in [9.17, 15) is 4.79 Å². The second-order valence-corrected chi connectivity index (χ2v) is 7.40. The molecule has 0 bridgehead atoms. The first-order chi connectivity index (χ1) is 14.8. The lowest BCUT2D eigenvalue weighted by Crippen LogP contribution is -2.26. The molecule has 0 aliphatic carbocycles. The van der Waals surface area contributed by atoms with E-state index in [-0.39, 0.29) is 17.9 Å². The van der Waals surface area contributed by atoms with Gasteiger partial charge in [0.25, 0.3) is 5.91 Å². The fourth-order valence-corrected chi connectivity index (χ4v) is 3.72. The van der Waals surface area contributed by atoms with Crippen LogP contribution in [-0.2, 0) is 4.74 Å². The standard InChI is InChI=1S/C25H26N2O3/c28-25(21-11-14-26-24(17-21)30-22-13-16-29-18-22)27-15-12-23(19-7-3-1-4-8-19)20-9-5-2-6-10-20/h1-11,14,17,22-23H,12-13,15-16,18H2,(H,27,28)/t22-/m0/s1. The molecule has 1 amide bonds. The van der Waals surface area contributed by atoms with Crippen molar-refractivity contribution in [2.75, 3.05) is 19.8 Å². The molecule has 0 unspecified atom stereocenters. The third kappa shape index (κ3) is 5.24. The number of nitrogens with one attached hydrogen (secondary N) is 1. The fraction of sp³-hybridized carbons (Fsp3) is 0.280. The predicted octanol–water partition coefficient (Wildman–Crippen LogP) is 4.20. The van der Waals surface area contributed by atoms with Crippen molar-refractivity contribution in [3.63, 3.8) is 0 Å². The molecule has 0 radical (unpaired) electrons. The van der Waals surface area contributed by atoms with Gasteiger partial charge >= 0.3 is 0 Å². The van der Waals surface area contributed by atoms with E-state index in [1.807, 2.05) is 12.1 Å².